The number of hydrogen-bond donors (Lipinski definition) is 1. The number of carbonyl (C=O) groups is 1. The predicted molar refractivity (Wildman–Crippen MR) is 77.0 cm³/mol. The number of hydrogen-bond acceptors (Lipinski definition) is 2. The summed E-state index contributed by atoms with van der Waals surface area (Å²) in [4.78, 5) is 14.4. The number of rotatable bonds is 2. The fraction of sp³-hybridized carbons (Fsp3) is 0.462. The summed E-state index contributed by atoms with van der Waals surface area (Å²) in [5, 5.41) is 0. The highest BCUT2D eigenvalue weighted by Gasteiger charge is 2.29. The third-order valence-corrected chi connectivity index (χ3v) is 4.58. The topological polar surface area (TPSA) is 46.3 Å². The molecule has 17 heavy (non-hydrogen) atoms. The monoisotopic (exact) mass is 344 g/mol. The molecule has 3 nitrogen and oxygen atoms in total. The van der Waals surface area contributed by atoms with Gasteiger partial charge in [-0.15, -0.1) is 0 Å². The summed E-state index contributed by atoms with van der Waals surface area (Å²) in [7, 11) is 0. The van der Waals surface area contributed by atoms with Crippen LogP contribution in [0.5, 0.6) is 0 Å². The Balaban J connectivity index is 2.28. The van der Waals surface area contributed by atoms with Gasteiger partial charge in [0.05, 0.1) is 0 Å². The zero-order valence-corrected chi connectivity index (χ0v) is 12.1. The minimum atomic E-state index is 0.133. The number of halogens is 1. The van der Waals surface area contributed by atoms with Gasteiger partial charge in [0.25, 0.3) is 5.91 Å². The molecule has 0 spiro atoms. The smallest absolute Gasteiger partial charge is 0.254 e. The van der Waals surface area contributed by atoms with E-state index in [2.05, 4.69) is 22.6 Å². The summed E-state index contributed by atoms with van der Waals surface area (Å²) >= 11 is 2.27. The summed E-state index contributed by atoms with van der Waals surface area (Å²) in [6.45, 7) is 3.41. The Labute approximate surface area is 116 Å². The lowest BCUT2D eigenvalue weighted by molar-refractivity contribution is 0.0740. The maximum Gasteiger partial charge on any atom is 0.254 e. The Morgan fingerprint density at radius 3 is 3.06 bits per heavy atom. The molecule has 0 aliphatic carbocycles. The molecule has 0 aromatic heterocycles. The molecule has 4 heteroatoms. The van der Waals surface area contributed by atoms with Crippen LogP contribution in [0.4, 0.5) is 0 Å². The molecule has 0 saturated carbocycles. The average Bonchev–Trinajstić information content (AvgIpc) is 2.80. The summed E-state index contributed by atoms with van der Waals surface area (Å²) in [5.74, 6) is 0.133. The SMILES string of the molecule is Cc1c(I)cccc1C(=O)N1CCCC1CN. The van der Waals surface area contributed by atoms with Gasteiger partial charge >= 0.3 is 0 Å². The molecule has 1 aliphatic rings. The molecule has 0 radical (unpaired) electrons. The largest absolute Gasteiger partial charge is 0.334 e. The third kappa shape index (κ3) is 2.47. The second kappa shape index (κ2) is 5.35. The Bertz CT molecular complexity index is 433. The van der Waals surface area contributed by atoms with Gasteiger partial charge in [0.15, 0.2) is 0 Å². The van der Waals surface area contributed by atoms with Crippen LogP contribution in [0.15, 0.2) is 18.2 Å². The van der Waals surface area contributed by atoms with Crippen molar-refractivity contribution in [2.45, 2.75) is 25.8 Å². The molecule has 1 amide bonds. The van der Waals surface area contributed by atoms with Gasteiger partial charge in [0.1, 0.15) is 0 Å². The van der Waals surface area contributed by atoms with Gasteiger partial charge < -0.3 is 10.6 Å². The van der Waals surface area contributed by atoms with E-state index in [0.29, 0.717) is 6.54 Å². The Kier molecular flexibility index (Phi) is 4.04. The molecule has 1 saturated heterocycles. The summed E-state index contributed by atoms with van der Waals surface area (Å²) in [6, 6.07) is 6.10. The van der Waals surface area contributed by atoms with Crippen molar-refractivity contribution in [3.05, 3.63) is 32.9 Å². The molecule has 92 valence electrons. The van der Waals surface area contributed by atoms with E-state index in [4.69, 9.17) is 5.73 Å². The minimum absolute atomic E-state index is 0.133. The number of benzene rings is 1. The van der Waals surface area contributed by atoms with Gasteiger partial charge in [-0.3, -0.25) is 4.79 Å². The van der Waals surface area contributed by atoms with Crippen molar-refractivity contribution >= 4 is 28.5 Å². The van der Waals surface area contributed by atoms with E-state index >= 15 is 0 Å². The summed E-state index contributed by atoms with van der Waals surface area (Å²) in [5.41, 5.74) is 7.60. The first-order chi connectivity index (χ1) is 8.15. The van der Waals surface area contributed by atoms with Gasteiger partial charge in [0, 0.05) is 28.3 Å². The van der Waals surface area contributed by atoms with E-state index in [0.717, 1.165) is 34.1 Å². The normalized spacial score (nSPS) is 19.7. The van der Waals surface area contributed by atoms with Crippen LogP contribution >= 0.6 is 22.6 Å². The van der Waals surface area contributed by atoms with Crippen LogP contribution < -0.4 is 5.73 Å². The molecule has 1 aromatic rings. The zero-order valence-electron chi connectivity index (χ0n) is 9.95. The molecule has 1 fully saturated rings. The van der Waals surface area contributed by atoms with Crippen LogP contribution in [0.25, 0.3) is 0 Å². The van der Waals surface area contributed by atoms with Crippen molar-refractivity contribution < 1.29 is 4.79 Å². The first-order valence-corrected chi connectivity index (χ1v) is 6.99. The number of nitrogens with zero attached hydrogens (tertiary/aromatic N) is 1. The van der Waals surface area contributed by atoms with Crippen LogP contribution in [-0.2, 0) is 0 Å². The highest BCUT2D eigenvalue weighted by molar-refractivity contribution is 14.1. The van der Waals surface area contributed by atoms with Crippen LogP contribution in [0.3, 0.4) is 0 Å². The van der Waals surface area contributed by atoms with Crippen LogP contribution in [0.2, 0.25) is 0 Å². The van der Waals surface area contributed by atoms with Crippen LogP contribution in [0.1, 0.15) is 28.8 Å². The predicted octanol–water partition coefficient (Wildman–Crippen LogP) is 2.16. The van der Waals surface area contributed by atoms with Gasteiger partial charge in [-0.1, -0.05) is 6.07 Å². The lowest BCUT2D eigenvalue weighted by Crippen LogP contribution is -2.40. The highest BCUT2D eigenvalue weighted by Crippen LogP contribution is 2.22. The lowest BCUT2D eigenvalue weighted by atomic mass is 10.1. The molecule has 0 bridgehead atoms. The summed E-state index contributed by atoms with van der Waals surface area (Å²) in [6.07, 6.45) is 2.10. The lowest BCUT2D eigenvalue weighted by Gasteiger charge is -2.24. The van der Waals surface area contributed by atoms with E-state index in [1.807, 2.05) is 30.0 Å². The van der Waals surface area contributed by atoms with Crippen LogP contribution in [0, 0.1) is 10.5 Å². The van der Waals surface area contributed by atoms with E-state index in [1.54, 1.807) is 0 Å². The second-order valence-corrected chi connectivity index (χ2v) is 5.60. The Morgan fingerprint density at radius 2 is 2.35 bits per heavy atom. The molecule has 1 aromatic carbocycles. The maximum atomic E-state index is 12.5. The van der Waals surface area contributed by atoms with Gasteiger partial charge in [-0.2, -0.15) is 0 Å². The Hall–Kier alpha value is -0.620. The molecular formula is C13H17IN2O. The second-order valence-electron chi connectivity index (χ2n) is 4.44. The van der Waals surface area contributed by atoms with Crippen molar-refractivity contribution in [2.75, 3.05) is 13.1 Å². The summed E-state index contributed by atoms with van der Waals surface area (Å²) < 4.78 is 1.14. The van der Waals surface area contributed by atoms with Gasteiger partial charge in [-0.25, -0.2) is 0 Å². The van der Waals surface area contributed by atoms with Crippen molar-refractivity contribution in [2.24, 2.45) is 5.73 Å². The van der Waals surface area contributed by atoms with Gasteiger partial charge in [0.2, 0.25) is 0 Å². The third-order valence-electron chi connectivity index (χ3n) is 3.41. The minimum Gasteiger partial charge on any atom is -0.334 e. The maximum absolute atomic E-state index is 12.5. The first kappa shape index (κ1) is 12.8. The van der Waals surface area contributed by atoms with Crippen molar-refractivity contribution in [1.82, 2.24) is 4.90 Å². The van der Waals surface area contributed by atoms with Crippen molar-refractivity contribution in [3.8, 4) is 0 Å². The standard InChI is InChI=1S/C13H17IN2O/c1-9-11(5-2-6-12(9)14)13(17)16-7-3-4-10(16)8-15/h2,5-6,10H,3-4,7-8,15H2,1H3. The molecule has 2 rings (SSSR count). The fourth-order valence-corrected chi connectivity index (χ4v) is 2.84. The average molecular weight is 344 g/mol. The molecule has 1 atom stereocenters. The molecule has 1 aliphatic heterocycles. The molecule has 2 N–H and O–H groups in total. The number of nitrogens with two attached hydrogens (primary N) is 1. The van der Waals surface area contributed by atoms with Crippen LogP contribution in [-0.4, -0.2) is 29.9 Å². The fourth-order valence-electron chi connectivity index (χ4n) is 2.34. The van der Waals surface area contributed by atoms with E-state index < -0.39 is 0 Å². The van der Waals surface area contributed by atoms with Crippen molar-refractivity contribution in [3.63, 3.8) is 0 Å². The first-order valence-electron chi connectivity index (χ1n) is 5.91. The Morgan fingerprint density at radius 1 is 1.59 bits per heavy atom. The van der Waals surface area contributed by atoms with Gasteiger partial charge in [-0.05, 0) is 60.1 Å². The molecule has 1 heterocycles. The number of amides is 1. The molecular weight excluding hydrogens is 327 g/mol. The quantitative estimate of drug-likeness (QED) is 0.836. The van der Waals surface area contributed by atoms with E-state index in [9.17, 15) is 4.79 Å². The number of carbonyl (C=O) groups excluding carboxylic acids is 1. The molecule has 1 unspecified atom stereocenters. The van der Waals surface area contributed by atoms with Crippen molar-refractivity contribution in [1.29, 1.82) is 0 Å². The highest BCUT2D eigenvalue weighted by atomic mass is 127. The zero-order chi connectivity index (χ0) is 12.4. The van der Waals surface area contributed by atoms with E-state index in [1.165, 1.54) is 0 Å². The number of likely N-dealkylation sites (tertiary alicyclic amines) is 1. The van der Waals surface area contributed by atoms with E-state index in [-0.39, 0.29) is 11.9 Å².